The Balaban J connectivity index is 2.15. The standard InChI is InChI=1S/C12H13BrN2O3/c1-12(11(17)18,8-3-4-8)15-10(16)7-2-5-9(13)14-6-7/h2,5-6,8H,3-4H2,1H3,(H,15,16)(H,17,18). The molecule has 2 rings (SSSR count). The number of rotatable bonds is 4. The summed E-state index contributed by atoms with van der Waals surface area (Å²) in [6.45, 7) is 1.55. The molecule has 0 aromatic carbocycles. The fourth-order valence-corrected chi connectivity index (χ4v) is 2.04. The highest BCUT2D eigenvalue weighted by Crippen LogP contribution is 2.39. The molecule has 0 saturated heterocycles. The number of hydrogen-bond donors (Lipinski definition) is 2. The van der Waals surface area contributed by atoms with Crippen LogP contribution in [-0.2, 0) is 4.79 Å². The highest BCUT2D eigenvalue weighted by atomic mass is 79.9. The number of nitrogens with one attached hydrogen (secondary N) is 1. The smallest absolute Gasteiger partial charge is 0.329 e. The van der Waals surface area contributed by atoms with Crippen LogP contribution in [0.1, 0.15) is 30.1 Å². The number of amides is 1. The number of carboxylic acid groups (broad SMARTS) is 1. The zero-order valence-corrected chi connectivity index (χ0v) is 11.4. The first-order valence-electron chi connectivity index (χ1n) is 5.61. The Morgan fingerprint density at radius 3 is 2.61 bits per heavy atom. The Hall–Kier alpha value is -1.43. The van der Waals surface area contributed by atoms with E-state index in [1.807, 2.05) is 0 Å². The van der Waals surface area contributed by atoms with Crippen LogP contribution in [0.15, 0.2) is 22.9 Å². The van der Waals surface area contributed by atoms with E-state index < -0.39 is 17.4 Å². The summed E-state index contributed by atoms with van der Waals surface area (Å²) in [6, 6.07) is 3.24. The highest BCUT2D eigenvalue weighted by Gasteiger charge is 2.48. The molecule has 1 saturated carbocycles. The molecule has 0 spiro atoms. The molecule has 6 heteroatoms. The van der Waals surface area contributed by atoms with Gasteiger partial charge in [-0.25, -0.2) is 9.78 Å². The molecular weight excluding hydrogens is 300 g/mol. The molecule has 1 amide bonds. The molecule has 5 nitrogen and oxygen atoms in total. The van der Waals surface area contributed by atoms with Gasteiger partial charge in [-0.3, -0.25) is 4.79 Å². The summed E-state index contributed by atoms with van der Waals surface area (Å²) >= 11 is 3.18. The summed E-state index contributed by atoms with van der Waals surface area (Å²) in [6.07, 6.45) is 3.08. The highest BCUT2D eigenvalue weighted by molar-refractivity contribution is 9.10. The Bertz CT molecular complexity index is 485. The number of carboxylic acids is 1. The van der Waals surface area contributed by atoms with Gasteiger partial charge < -0.3 is 10.4 Å². The lowest BCUT2D eigenvalue weighted by Gasteiger charge is -2.26. The first-order chi connectivity index (χ1) is 8.43. The van der Waals surface area contributed by atoms with E-state index in [1.54, 1.807) is 19.1 Å². The van der Waals surface area contributed by atoms with Crippen LogP contribution in [0.25, 0.3) is 0 Å². The third-order valence-corrected chi connectivity index (χ3v) is 3.67. The minimum atomic E-state index is -1.19. The number of carbonyl (C=O) groups is 2. The SMILES string of the molecule is CC(NC(=O)c1ccc(Br)nc1)(C(=O)O)C1CC1. The van der Waals surface area contributed by atoms with Gasteiger partial charge in [0.05, 0.1) is 5.56 Å². The molecule has 0 aliphatic heterocycles. The van der Waals surface area contributed by atoms with Crippen molar-refractivity contribution in [3.63, 3.8) is 0 Å². The molecule has 1 atom stereocenters. The van der Waals surface area contributed by atoms with E-state index in [-0.39, 0.29) is 5.92 Å². The van der Waals surface area contributed by atoms with Gasteiger partial charge in [-0.2, -0.15) is 0 Å². The quantitative estimate of drug-likeness (QED) is 0.831. The number of aliphatic carboxylic acids is 1. The van der Waals surface area contributed by atoms with Crippen LogP contribution < -0.4 is 5.32 Å². The van der Waals surface area contributed by atoms with Gasteiger partial charge in [-0.05, 0) is 53.7 Å². The van der Waals surface area contributed by atoms with E-state index in [9.17, 15) is 14.7 Å². The predicted octanol–water partition coefficient (Wildman–Crippen LogP) is 1.83. The predicted molar refractivity (Wildman–Crippen MR) is 68.2 cm³/mol. The summed E-state index contributed by atoms with van der Waals surface area (Å²) < 4.78 is 0.627. The molecule has 1 aromatic heterocycles. The fourth-order valence-electron chi connectivity index (χ4n) is 1.81. The third-order valence-electron chi connectivity index (χ3n) is 3.20. The second-order valence-corrected chi connectivity index (χ2v) is 5.42. The molecule has 96 valence electrons. The summed E-state index contributed by atoms with van der Waals surface area (Å²) in [5, 5.41) is 11.8. The van der Waals surface area contributed by atoms with Crippen molar-refractivity contribution in [2.45, 2.75) is 25.3 Å². The lowest BCUT2D eigenvalue weighted by atomic mass is 9.95. The van der Waals surface area contributed by atoms with Crippen molar-refractivity contribution in [1.29, 1.82) is 0 Å². The van der Waals surface area contributed by atoms with Crippen molar-refractivity contribution < 1.29 is 14.7 Å². The lowest BCUT2D eigenvalue weighted by molar-refractivity contribution is -0.144. The molecule has 0 bridgehead atoms. The van der Waals surface area contributed by atoms with Crippen LogP contribution >= 0.6 is 15.9 Å². The minimum absolute atomic E-state index is 0.0161. The average molecular weight is 313 g/mol. The van der Waals surface area contributed by atoms with E-state index in [0.29, 0.717) is 10.2 Å². The molecule has 1 unspecified atom stereocenters. The number of nitrogens with zero attached hydrogens (tertiary/aromatic N) is 1. The Kier molecular flexibility index (Phi) is 3.38. The van der Waals surface area contributed by atoms with Gasteiger partial charge in [0.15, 0.2) is 0 Å². The zero-order valence-electron chi connectivity index (χ0n) is 9.81. The van der Waals surface area contributed by atoms with Crippen molar-refractivity contribution in [2.75, 3.05) is 0 Å². The van der Waals surface area contributed by atoms with Gasteiger partial charge in [0.2, 0.25) is 0 Å². The average Bonchev–Trinajstić information content (AvgIpc) is 3.13. The van der Waals surface area contributed by atoms with Crippen LogP contribution in [0.3, 0.4) is 0 Å². The molecule has 1 aromatic rings. The first-order valence-corrected chi connectivity index (χ1v) is 6.40. The fraction of sp³-hybridized carbons (Fsp3) is 0.417. The lowest BCUT2D eigenvalue weighted by Crippen LogP contribution is -2.54. The monoisotopic (exact) mass is 312 g/mol. The van der Waals surface area contributed by atoms with Crippen LogP contribution in [0, 0.1) is 5.92 Å². The van der Waals surface area contributed by atoms with Gasteiger partial charge in [-0.1, -0.05) is 0 Å². The van der Waals surface area contributed by atoms with Crippen molar-refractivity contribution in [3.05, 3.63) is 28.5 Å². The van der Waals surface area contributed by atoms with Crippen LogP contribution in [0.2, 0.25) is 0 Å². The van der Waals surface area contributed by atoms with Gasteiger partial charge in [0.25, 0.3) is 5.91 Å². The number of hydrogen-bond acceptors (Lipinski definition) is 3. The second-order valence-electron chi connectivity index (χ2n) is 4.61. The second kappa shape index (κ2) is 4.68. The van der Waals surface area contributed by atoms with Crippen LogP contribution in [0.5, 0.6) is 0 Å². The summed E-state index contributed by atoms with van der Waals surface area (Å²) in [5.41, 5.74) is -0.837. The van der Waals surface area contributed by atoms with E-state index in [1.165, 1.54) is 6.20 Å². The molecule has 1 heterocycles. The van der Waals surface area contributed by atoms with Crippen molar-refractivity contribution in [3.8, 4) is 0 Å². The van der Waals surface area contributed by atoms with E-state index in [2.05, 4.69) is 26.2 Å². The van der Waals surface area contributed by atoms with Crippen molar-refractivity contribution in [1.82, 2.24) is 10.3 Å². The van der Waals surface area contributed by atoms with E-state index >= 15 is 0 Å². The van der Waals surface area contributed by atoms with E-state index in [0.717, 1.165) is 12.8 Å². The van der Waals surface area contributed by atoms with Gasteiger partial charge in [0.1, 0.15) is 10.1 Å². The molecule has 1 aliphatic carbocycles. The zero-order chi connectivity index (χ0) is 13.3. The van der Waals surface area contributed by atoms with Gasteiger partial charge in [-0.15, -0.1) is 0 Å². The van der Waals surface area contributed by atoms with E-state index in [4.69, 9.17) is 0 Å². The Morgan fingerprint density at radius 2 is 2.17 bits per heavy atom. The number of halogens is 1. The summed E-state index contributed by atoms with van der Waals surface area (Å²) in [7, 11) is 0. The maximum Gasteiger partial charge on any atom is 0.329 e. The van der Waals surface area contributed by atoms with Crippen molar-refractivity contribution >= 4 is 27.8 Å². The normalized spacial score (nSPS) is 17.9. The maximum absolute atomic E-state index is 12.0. The van der Waals surface area contributed by atoms with Crippen LogP contribution in [0.4, 0.5) is 0 Å². The molecule has 1 aliphatic rings. The Morgan fingerprint density at radius 1 is 1.50 bits per heavy atom. The first kappa shape index (κ1) is 13.0. The number of carbonyl (C=O) groups excluding carboxylic acids is 1. The van der Waals surface area contributed by atoms with Gasteiger partial charge in [0, 0.05) is 6.20 Å². The Labute approximate surface area is 113 Å². The van der Waals surface area contributed by atoms with Crippen molar-refractivity contribution in [2.24, 2.45) is 5.92 Å². The van der Waals surface area contributed by atoms with Crippen LogP contribution in [-0.4, -0.2) is 27.5 Å². The summed E-state index contributed by atoms with van der Waals surface area (Å²) in [4.78, 5) is 27.2. The molecule has 18 heavy (non-hydrogen) atoms. The van der Waals surface area contributed by atoms with Gasteiger partial charge >= 0.3 is 5.97 Å². The summed E-state index contributed by atoms with van der Waals surface area (Å²) in [5.74, 6) is -1.39. The number of aromatic nitrogens is 1. The molecule has 0 radical (unpaired) electrons. The maximum atomic E-state index is 12.0. The molecule has 2 N–H and O–H groups in total. The largest absolute Gasteiger partial charge is 0.480 e. The minimum Gasteiger partial charge on any atom is -0.480 e. The number of pyridine rings is 1. The third kappa shape index (κ3) is 2.53. The molecule has 1 fully saturated rings. The topological polar surface area (TPSA) is 79.3 Å². The molecular formula is C12H13BrN2O3.